The van der Waals surface area contributed by atoms with Crippen LogP contribution in [0.4, 0.5) is 5.69 Å². The lowest BCUT2D eigenvalue weighted by Gasteiger charge is -2.49. The number of hydrogen-bond acceptors (Lipinski definition) is 1. The van der Waals surface area contributed by atoms with Gasteiger partial charge in [-0.25, -0.2) is 0 Å². The Morgan fingerprint density at radius 2 is 1.61 bits per heavy atom. The fourth-order valence-corrected chi connectivity index (χ4v) is 4.61. The van der Waals surface area contributed by atoms with Gasteiger partial charge < -0.3 is 0 Å². The molecule has 3 aliphatic rings. The van der Waals surface area contributed by atoms with Gasteiger partial charge in [0.25, 0.3) is 0 Å². The van der Waals surface area contributed by atoms with E-state index in [4.69, 9.17) is 5.11 Å². The van der Waals surface area contributed by atoms with Crippen LogP contribution in [0, 0.1) is 5.41 Å². The summed E-state index contributed by atoms with van der Waals surface area (Å²) < 4.78 is 2.23. The van der Waals surface area contributed by atoms with Crippen molar-refractivity contribution in [3.8, 4) is 11.1 Å². The first kappa shape index (κ1) is 13.2. The molecule has 2 aromatic carbocycles. The Kier molecular flexibility index (Phi) is 2.19. The summed E-state index contributed by atoms with van der Waals surface area (Å²) in [5, 5.41) is 4.82. The second-order valence-electron chi connectivity index (χ2n) is 7.98. The topological polar surface area (TPSA) is 15.4 Å². The van der Waals surface area contributed by atoms with Gasteiger partial charge in [0.1, 0.15) is 6.20 Å². The molecule has 0 spiro atoms. The lowest BCUT2D eigenvalue weighted by molar-refractivity contribution is -0.541. The van der Waals surface area contributed by atoms with Gasteiger partial charge in [-0.05, 0) is 27.7 Å². The molecule has 0 aromatic heterocycles. The van der Waals surface area contributed by atoms with Gasteiger partial charge >= 0.3 is 0 Å². The molecule has 0 N–H and O–H groups in total. The Morgan fingerprint density at radius 3 is 2.43 bits per heavy atom. The molecule has 0 radical (unpaired) electrons. The van der Waals surface area contributed by atoms with Gasteiger partial charge in [0.15, 0.2) is 0 Å². The van der Waals surface area contributed by atoms with Gasteiger partial charge in [0, 0.05) is 22.6 Å². The van der Waals surface area contributed by atoms with Gasteiger partial charge in [-0.2, -0.15) is 0 Å². The van der Waals surface area contributed by atoms with Gasteiger partial charge in [-0.3, -0.25) is 0 Å². The summed E-state index contributed by atoms with van der Waals surface area (Å²) in [5.41, 5.74) is 8.44. The van der Waals surface area contributed by atoms with Gasteiger partial charge in [0.05, 0.1) is 5.56 Å². The van der Waals surface area contributed by atoms with E-state index in [0.29, 0.717) is 0 Å². The zero-order valence-electron chi connectivity index (χ0n) is 14.1. The zero-order chi connectivity index (χ0) is 16.0. The number of fused-ring (bicyclic) bond motifs is 3. The summed E-state index contributed by atoms with van der Waals surface area (Å²) in [6.45, 7) is 9.49. The highest BCUT2D eigenvalue weighted by atomic mass is 15.3. The molecule has 2 heteroatoms. The number of benzene rings is 2. The van der Waals surface area contributed by atoms with Crippen molar-refractivity contribution in [2.45, 2.75) is 39.2 Å². The summed E-state index contributed by atoms with van der Waals surface area (Å²) >= 11 is 0. The highest BCUT2D eigenvalue weighted by molar-refractivity contribution is 5.81. The second-order valence-corrected chi connectivity index (χ2v) is 7.98. The van der Waals surface area contributed by atoms with E-state index in [1.165, 1.54) is 33.5 Å². The molecule has 1 unspecified atom stereocenters. The molecule has 2 aliphatic heterocycles. The minimum Gasteiger partial charge on any atom is -0.0725 e. The number of azo groups is 2. The van der Waals surface area contributed by atoms with Crippen LogP contribution >= 0.6 is 0 Å². The van der Waals surface area contributed by atoms with Crippen LogP contribution in [0.2, 0.25) is 0 Å². The first-order valence-corrected chi connectivity index (χ1v) is 8.38. The molecule has 2 aromatic rings. The summed E-state index contributed by atoms with van der Waals surface area (Å²) in [4.78, 5) is 0. The van der Waals surface area contributed by atoms with E-state index in [2.05, 4.69) is 81.1 Å². The molecule has 23 heavy (non-hydrogen) atoms. The standard InChI is InChI=1S/C21H21N2/c1-20(2)15-10-7-9-14-13-8-5-6-11-17(13)23-19(18(14)15)16(12-22-23)21(20,3)4/h5-12,19H,1-4H3/q+1. The first-order chi connectivity index (χ1) is 10.9. The van der Waals surface area contributed by atoms with Crippen molar-refractivity contribution in [3.05, 3.63) is 65.4 Å². The molecule has 0 amide bonds. The Labute approximate surface area is 137 Å². The Hall–Kier alpha value is -2.22. The van der Waals surface area contributed by atoms with Gasteiger partial charge in [-0.15, -0.1) is 0 Å². The molecule has 1 aliphatic carbocycles. The molecule has 0 bridgehead atoms. The van der Waals surface area contributed by atoms with Crippen LogP contribution in [0.25, 0.3) is 11.1 Å². The van der Waals surface area contributed by atoms with Crippen molar-refractivity contribution >= 4 is 5.69 Å². The van der Waals surface area contributed by atoms with E-state index in [1.54, 1.807) is 0 Å². The van der Waals surface area contributed by atoms with Crippen molar-refractivity contribution in [2.75, 3.05) is 0 Å². The molecule has 5 rings (SSSR count). The second kappa shape index (κ2) is 3.81. The third-order valence-corrected chi connectivity index (χ3v) is 6.64. The Morgan fingerprint density at radius 1 is 0.870 bits per heavy atom. The fraction of sp³-hybridized carbons (Fsp3) is 0.333. The van der Waals surface area contributed by atoms with Crippen molar-refractivity contribution in [1.82, 2.24) is 0 Å². The zero-order valence-corrected chi connectivity index (χ0v) is 14.1. The average Bonchev–Trinajstić information content (AvgIpc) is 2.99. The van der Waals surface area contributed by atoms with Crippen LogP contribution in [0.1, 0.15) is 44.9 Å². The van der Waals surface area contributed by atoms with E-state index in [0.717, 1.165) is 0 Å². The van der Waals surface area contributed by atoms with Gasteiger partial charge in [-0.1, -0.05) is 62.7 Å². The predicted molar refractivity (Wildman–Crippen MR) is 91.9 cm³/mol. The van der Waals surface area contributed by atoms with Crippen LogP contribution < -0.4 is 0 Å². The molecular formula is C21H21N2+. The monoisotopic (exact) mass is 301 g/mol. The van der Waals surface area contributed by atoms with Crippen molar-refractivity contribution in [2.24, 2.45) is 10.5 Å². The largest absolute Gasteiger partial charge is 0.240 e. The van der Waals surface area contributed by atoms with E-state index in [-0.39, 0.29) is 16.9 Å². The average molecular weight is 301 g/mol. The van der Waals surface area contributed by atoms with E-state index >= 15 is 0 Å². The van der Waals surface area contributed by atoms with E-state index in [1.807, 2.05) is 0 Å². The molecule has 1 atom stereocenters. The van der Waals surface area contributed by atoms with Crippen molar-refractivity contribution in [3.63, 3.8) is 0 Å². The van der Waals surface area contributed by atoms with Crippen molar-refractivity contribution in [1.29, 1.82) is 0 Å². The quantitative estimate of drug-likeness (QED) is 0.553. The lowest BCUT2D eigenvalue weighted by Crippen LogP contribution is -2.45. The third-order valence-electron chi connectivity index (χ3n) is 6.64. The maximum atomic E-state index is 4.82. The fourth-order valence-electron chi connectivity index (χ4n) is 4.61. The smallest absolute Gasteiger partial charge is 0.0725 e. The Balaban J connectivity index is 1.96. The van der Waals surface area contributed by atoms with Crippen LogP contribution in [0.5, 0.6) is 0 Å². The van der Waals surface area contributed by atoms with Crippen LogP contribution in [-0.4, -0.2) is 4.70 Å². The van der Waals surface area contributed by atoms with E-state index in [9.17, 15) is 0 Å². The molecule has 2 heterocycles. The van der Waals surface area contributed by atoms with Crippen LogP contribution in [-0.2, 0) is 5.41 Å². The van der Waals surface area contributed by atoms with Crippen LogP contribution in [0.3, 0.4) is 0 Å². The number of nitrogens with zero attached hydrogens (tertiary/aromatic N) is 2. The summed E-state index contributed by atoms with van der Waals surface area (Å²) in [5.74, 6) is 0. The molecule has 0 fully saturated rings. The highest BCUT2D eigenvalue weighted by Crippen LogP contribution is 2.63. The van der Waals surface area contributed by atoms with Crippen LogP contribution in [0.15, 0.2) is 59.4 Å². The summed E-state index contributed by atoms with van der Waals surface area (Å²) in [7, 11) is 0. The Bertz CT molecular complexity index is 929. The normalized spacial score (nSPS) is 24.4. The maximum absolute atomic E-state index is 4.82. The summed E-state index contributed by atoms with van der Waals surface area (Å²) in [6, 6.07) is 15.7. The number of hydrogen-bond donors (Lipinski definition) is 0. The lowest BCUT2D eigenvalue weighted by atomic mass is 9.53. The minimum atomic E-state index is 0.0772. The first-order valence-electron chi connectivity index (χ1n) is 8.38. The molecule has 114 valence electrons. The third kappa shape index (κ3) is 1.32. The predicted octanol–water partition coefficient (Wildman–Crippen LogP) is 5.72. The summed E-state index contributed by atoms with van der Waals surface area (Å²) in [6.07, 6.45) is 2.12. The SMILES string of the molecule is CC1(C)C2=CN=[N+]3c4ccccc4-c4cccc(c4C23)C1(C)C. The highest BCUT2D eigenvalue weighted by Gasteiger charge is 2.58. The molecular weight excluding hydrogens is 280 g/mol. The van der Waals surface area contributed by atoms with Crippen molar-refractivity contribution < 1.29 is 4.70 Å². The molecule has 0 saturated heterocycles. The van der Waals surface area contributed by atoms with E-state index < -0.39 is 0 Å². The van der Waals surface area contributed by atoms with Gasteiger partial charge in [0.2, 0.25) is 11.7 Å². The molecule has 0 saturated carbocycles. The maximum Gasteiger partial charge on any atom is 0.240 e. The number of rotatable bonds is 0. The molecule has 2 nitrogen and oxygen atoms in total. The number of para-hydroxylation sites is 1. The minimum absolute atomic E-state index is 0.0772.